The molecule has 0 spiro atoms. The van der Waals surface area contributed by atoms with Gasteiger partial charge >= 0.3 is 5.97 Å². The molecule has 0 unspecified atom stereocenters. The van der Waals surface area contributed by atoms with Gasteiger partial charge in [-0.1, -0.05) is 25.4 Å². The van der Waals surface area contributed by atoms with Gasteiger partial charge in [0.25, 0.3) is 11.8 Å². The molecule has 0 radical (unpaired) electrons. The number of benzene rings is 1. The molecule has 29 heavy (non-hydrogen) atoms. The molecule has 0 aliphatic rings. The zero-order valence-electron chi connectivity index (χ0n) is 17.2. The Kier molecular flexibility index (Phi) is 7.39. The van der Waals surface area contributed by atoms with Crippen molar-refractivity contribution < 1.29 is 19.1 Å². The smallest absolute Gasteiger partial charge is 0.343 e. The van der Waals surface area contributed by atoms with E-state index in [2.05, 4.69) is 10.4 Å². The Morgan fingerprint density at radius 2 is 1.83 bits per heavy atom. The van der Waals surface area contributed by atoms with Crippen LogP contribution in [0.3, 0.4) is 0 Å². The van der Waals surface area contributed by atoms with Crippen molar-refractivity contribution in [3.63, 3.8) is 0 Å². The summed E-state index contributed by atoms with van der Waals surface area (Å²) in [5.41, 5.74) is 1.59. The highest BCUT2D eigenvalue weighted by Gasteiger charge is 2.22. The average molecular weight is 421 g/mol. The molecule has 1 heterocycles. The first kappa shape index (κ1) is 22.4. The summed E-state index contributed by atoms with van der Waals surface area (Å²) in [4.78, 5) is 37.8. The van der Waals surface area contributed by atoms with Gasteiger partial charge in [0, 0.05) is 31.9 Å². The van der Waals surface area contributed by atoms with E-state index in [1.54, 1.807) is 50.0 Å². The van der Waals surface area contributed by atoms with Crippen LogP contribution in [0.1, 0.15) is 40.3 Å². The maximum absolute atomic E-state index is 12.3. The van der Waals surface area contributed by atoms with Crippen LogP contribution >= 0.6 is 11.6 Å². The molecule has 0 fully saturated rings. The van der Waals surface area contributed by atoms with E-state index in [0.717, 1.165) is 0 Å². The van der Waals surface area contributed by atoms with Crippen molar-refractivity contribution in [3.05, 3.63) is 46.2 Å². The number of aryl methyl sites for hydroxylation is 1. The molecule has 1 N–H and O–H groups in total. The standard InChI is InChI=1S/C20H25ClN4O4/c1-12(2)10-25-18(21)17(13(3)23-25)20(28)29-11-16(26)22-15-8-6-14(7-9-15)19(27)24(4)5/h6-9,12H,10-11H2,1-5H3,(H,22,26). The van der Waals surface area contributed by atoms with Crippen LogP contribution in [0.4, 0.5) is 5.69 Å². The molecular formula is C20H25ClN4O4. The van der Waals surface area contributed by atoms with E-state index < -0.39 is 18.5 Å². The summed E-state index contributed by atoms with van der Waals surface area (Å²) in [7, 11) is 3.32. The largest absolute Gasteiger partial charge is 0.452 e. The Morgan fingerprint density at radius 1 is 1.21 bits per heavy atom. The van der Waals surface area contributed by atoms with Crippen molar-refractivity contribution >= 4 is 35.1 Å². The molecule has 0 saturated heterocycles. The minimum atomic E-state index is -0.704. The summed E-state index contributed by atoms with van der Waals surface area (Å²) in [6, 6.07) is 6.42. The lowest BCUT2D eigenvalue weighted by molar-refractivity contribution is -0.119. The fraction of sp³-hybridized carbons (Fsp3) is 0.400. The van der Waals surface area contributed by atoms with Gasteiger partial charge in [-0.15, -0.1) is 0 Å². The summed E-state index contributed by atoms with van der Waals surface area (Å²) >= 11 is 6.24. The number of nitrogens with zero attached hydrogens (tertiary/aromatic N) is 3. The van der Waals surface area contributed by atoms with Crippen molar-refractivity contribution in [2.75, 3.05) is 26.0 Å². The van der Waals surface area contributed by atoms with Crippen molar-refractivity contribution in [1.82, 2.24) is 14.7 Å². The van der Waals surface area contributed by atoms with E-state index in [4.69, 9.17) is 16.3 Å². The fourth-order valence-electron chi connectivity index (χ4n) is 2.61. The minimum Gasteiger partial charge on any atom is -0.452 e. The molecule has 0 atom stereocenters. The normalized spacial score (nSPS) is 10.7. The van der Waals surface area contributed by atoms with Gasteiger partial charge in [-0.25, -0.2) is 4.79 Å². The minimum absolute atomic E-state index is 0.137. The fourth-order valence-corrected chi connectivity index (χ4v) is 2.93. The van der Waals surface area contributed by atoms with E-state index in [1.807, 2.05) is 13.8 Å². The van der Waals surface area contributed by atoms with Crippen LogP contribution in [0.2, 0.25) is 5.15 Å². The third-order valence-electron chi connectivity index (χ3n) is 3.96. The number of amides is 2. The van der Waals surface area contributed by atoms with E-state index in [-0.39, 0.29) is 16.6 Å². The summed E-state index contributed by atoms with van der Waals surface area (Å²) in [5.74, 6) is -1.04. The van der Waals surface area contributed by atoms with Crippen LogP contribution in [-0.4, -0.2) is 53.2 Å². The number of nitrogens with one attached hydrogen (secondary N) is 1. The van der Waals surface area contributed by atoms with Gasteiger partial charge in [-0.05, 0) is 37.1 Å². The number of rotatable bonds is 7. The molecule has 1 aromatic heterocycles. The van der Waals surface area contributed by atoms with Gasteiger partial charge < -0.3 is 15.0 Å². The predicted molar refractivity (Wildman–Crippen MR) is 110 cm³/mol. The molecule has 2 amide bonds. The lowest BCUT2D eigenvalue weighted by atomic mass is 10.2. The maximum atomic E-state index is 12.3. The molecular weight excluding hydrogens is 396 g/mol. The Hall–Kier alpha value is -2.87. The molecule has 156 valence electrons. The number of carbonyl (C=O) groups is 3. The average Bonchev–Trinajstić information content (AvgIpc) is 2.92. The van der Waals surface area contributed by atoms with E-state index in [9.17, 15) is 14.4 Å². The van der Waals surface area contributed by atoms with Gasteiger partial charge in [0.15, 0.2) is 6.61 Å². The number of hydrogen-bond donors (Lipinski definition) is 1. The highest BCUT2D eigenvalue weighted by Crippen LogP contribution is 2.22. The summed E-state index contributed by atoms with van der Waals surface area (Å²) in [6.07, 6.45) is 0. The number of esters is 1. The molecule has 8 nitrogen and oxygen atoms in total. The Bertz CT molecular complexity index is 904. The van der Waals surface area contributed by atoms with Crippen molar-refractivity contribution in [2.24, 2.45) is 5.92 Å². The Morgan fingerprint density at radius 3 is 2.38 bits per heavy atom. The van der Waals surface area contributed by atoms with Gasteiger partial charge in [-0.2, -0.15) is 5.10 Å². The first-order valence-electron chi connectivity index (χ1n) is 9.11. The van der Waals surface area contributed by atoms with E-state index in [1.165, 1.54) is 4.90 Å². The molecule has 0 aliphatic heterocycles. The third-order valence-corrected chi connectivity index (χ3v) is 4.35. The molecule has 9 heteroatoms. The van der Waals surface area contributed by atoms with Gasteiger partial charge in [-0.3, -0.25) is 14.3 Å². The molecule has 0 bridgehead atoms. The summed E-state index contributed by atoms with van der Waals surface area (Å²) < 4.78 is 6.64. The van der Waals surface area contributed by atoms with Crippen LogP contribution < -0.4 is 5.32 Å². The molecule has 0 aliphatic carbocycles. The predicted octanol–water partition coefficient (Wildman–Crippen LogP) is 3.00. The SMILES string of the molecule is Cc1nn(CC(C)C)c(Cl)c1C(=O)OCC(=O)Nc1ccc(C(=O)N(C)C)cc1. The number of halogens is 1. The van der Waals surface area contributed by atoms with Crippen LogP contribution in [-0.2, 0) is 16.1 Å². The Balaban J connectivity index is 1.95. The number of aromatic nitrogens is 2. The summed E-state index contributed by atoms with van der Waals surface area (Å²) in [6.45, 7) is 5.79. The van der Waals surface area contributed by atoms with E-state index in [0.29, 0.717) is 29.4 Å². The molecule has 2 rings (SSSR count). The zero-order valence-corrected chi connectivity index (χ0v) is 17.9. The van der Waals surface area contributed by atoms with E-state index >= 15 is 0 Å². The van der Waals surface area contributed by atoms with Crippen LogP contribution in [0, 0.1) is 12.8 Å². The van der Waals surface area contributed by atoms with Crippen molar-refractivity contribution in [3.8, 4) is 0 Å². The second-order valence-corrected chi connectivity index (χ2v) is 7.59. The third kappa shape index (κ3) is 5.80. The summed E-state index contributed by atoms with van der Waals surface area (Å²) in [5, 5.41) is 7.06. The molecule has 1 aromatic carbocycles. The number of ether oxygens (including phenoxy) is 1. The van der Waals surface area contributed by atoms with Crippen LogP contribution in [0.5, 0.6) is 0 Å². The number of carbonyl (C=O) groups excluding carboxylic acids is 3. The van der Waals surface area contributed by atoms with Crippen LogP contribution in [0.15, 0.2) is 24.3 Å². The number of hydrogen-bond acceptors (Lipinski definition) is 5. The molecule has 2 aromatic rings. The number of anilines is 1. The van der Waals surface area contributed by atoms with Crippen LogP contribution in [0.25, 0.3) is 0 Å². The second-order valence-electron chi connectivity index (χ2n) is 7.23. The van der Waals surface area contributed by atoms with Crippen molar-refractivity contribution in [2.45, 2.75) is 27.3 Å². The topological polar surface area (TPSA) is 93.5 Å². The first-order valence-corrected chi connectivity index (χ1v) is 9.49. The van der Waals surface area contributed by atoms with Gasteiger partial charge in [0.2, 0.25) is 0 Å². The van der Waals surface area contributed by atoms with Gasteiger partial charge in [0.1, 0.15) is 10.7 Å². The maximum Gasteiger partial charge on any atom is 0.343 e. The zero-order chi connectivity index (χ0) is 21.7. The highest BCUT2D eigenvalue weighted by molar-refractivity contribution is 6.32. The lowest BCUT2D eigenvalue weighted by Gasteiger charge is -2.11. The van der Waals surface area contributed by atoms with Crippen molar-refractivity contribution in [1.29, 1.82) is 0 Å². The molecule has 0 saturated carbocycles. The Labute approximate surface area is 174 Å². The quantitative estimate of drug-likeness (QED) is 0.695. The van der Waals surface area contributed by atoms with Gasteiger partial charge in [0.05, 0.1) is 5.69 Å². The highest BCUT2D eigenvalue weighted by atomic mass is 35.5. The second kappa shape index (κ2) is 9.56. The monoisotopic (exact) mass is 420 g/mol. The first-order chi connectivity index (χ1) is 13.6. The lowest BCUT2D eigenvalue weighted by Crippen LogP contribution is -2.22.